The van der Waals surface area contributed by atoms with Gasteiger partial charge in [-0.3, -0.25) is 0 Å². The zero-order chi connectivity index (χ0) is 12.8. The van der Waals surface area contributed by atoms with Gasteiger partial charge in [-0.25, -0.2) is 0 Å². The van der Waals surface area contributed by atoms with Crippen LogP contribution in [-0.4, -0.2) is 26.2 Å². The molecule has 100 valence electrons. The Morgan fingerprint density at radius 1 is 1.22 bits per heavy atom. The molecule has 2 rings (SSSR count). The Morgan fingerprint density at radius 2 is 2.00 bits per heavy atom. The van der Waals surface area contributed by atoms with Crippen LogP contribution in [-0.2, 0) is 0 Å². The van der Waals surface area contributed by atoms with E-state index < -0.39 is 0 Å². The molecule has 1 aromatic carbocycles. The molecule has 2 atom stereocenters. The van der Waals surface area contributed by atoms with E-state index in [2.05, 4.69) is 29.7 Å². The first kappa shape index (κ1) is 13.4. The summed E-state index contributed by atoms with van der Waals surface area (Å²) in [5.41, 5.74) is 1.33. The van der Waals surface area contributed by atoms with Crippen LogP contribution >= 0.6 is 0 Å². The third-order valence-electron chi connectivity index (χ3n) is 3.68. The van der Waals surface area contributed by atoms with E-state index in [4.69, 9.17) is 4.74 Å². The van der Waals surface area contributed by atoms with Gasteiger partial charge in [-0.2, -0.15) is 0 Å². The molecule has 0 aliphatic carbocycles. The molecule has 0 bridgehead atoms. The molecule has 1 heterocycles. The first-order valence-electron chi connectivity index (χ1n) is 6.90. The quantitative estimate of drug-likeness (QED) is 0.859. The fourth-order valence-corrected chi connectivity index (χ4v) is 2.53. The molecule has 1 aromatic rings. The van der Waals surface area contributed by atoms with Crippen molar-refractivity contribution in [1.29, 1.82) is 0 Å². The molecule has 2 unspecified atom stereocenters. The average Bonchev–Trinajstić information content (AvgIpc) is 2.67. The summed E-state index contributed by atoms with van der Waals surface area (Å²) in [6, 6.07) is 9.39. The molecule has 1 aliphatic rings. The summed E-state index contributed by atoms with van der Waals surface area (Å²) >= 11 is 0. The molecular weight excluding hydrogens is 224 g/mol. The summed E-state index contributed by atoms with van der Waals surface area (Å²) in [5.74, 6) is 0.921. The molecule has 18 heavy (non-hydrogen) atoms. The van der Waals surface area contributed by atoms with Gasteiger partial charge in [0, 0.05) is 12.1 Å². The van der Waals surface area contributed by atoms with Gasteiger partial charge in [-0.05, 0) is 57.0 Å². The molecular formula is C15H24N2O. The highest BCUT2D eigenvalue weighted by molar-refractivity contribution is 5.28. The second-order valence-corrected chi connectivity index (χ2v) is 5.04. The van der Waals surface area contributed by atoms with Gasteiger partial charge >= 0.3 is 0 Å². The average molecular weight is 248 g/mol. The van der Waals surface area contributed by atoms with Gasteiger partial charge in [0.25, 0.3) is 0 Å². The molecule has 0 radical (unpaired) electrons. The highest BCUT2D eigenvalue weighted by Gasteiger charge is 2.15. The van der Waals surface area contributed by atoms with E-state index in [0.29, 0.717) is 12.1 Å². The number of ether oxygens (including phenoxy) is 1. The van der Waals surface area contributed by atoms with Crippen molar-refractivity contribution >= 4 is 0 Å². The largest absolute Gasteiger partial charge is 0.497 e. The highest BCUT2D eigenvalue weighted by atomic mass is 16.5. The number of hydrogen-bond acceptors (Lipinski definition) is 3. The summed E-state index contributed by atoms with van der Waals surface area (Å²) in [6.45, 7) is 4.53. The van der Waals surface area contributed by atoms with Gasteiger partial charge < -0.3 is 15.4 Å². The van der Waals surface area contributed by atoms with Crippen LogP contribution in [0.25, 0.3) is 0 Å². The molecule has 0 spiro atoms. The second-order valence-electron chi connectivity index (χ2n) is 5.04. The number of methoxy groups -OCH3 is 1. The molecule has 0 amide bonds. The smallest absolute Gasteiger partial charge is 0.118 e. The fraction of sp³-hybridized carbons (Fsp3) is 0.600. The normalized spacial score (nSPS) is 22.2. The van der Waals surface area contributed by atoms with E-state index >= 15 is 0 Å². The van der Waals surface area contributed by atoms with Gasteiger partial charge in [-0.15, -0.1) is 0 Å². The van der Waals surface area contributed by atoms with Crippen molar-refractivity contribution in [3.05, 3.63) is 29.8 Å². The van der Waals surface area contributed by atoms with Crippen LogP contribution in [0.5, 0.6) is 5.75 Å². The van der Waals surface area contributed by atoms with E-state index in [0.717, 1.165) is 18.8 Å². The van der Waals surface area contributed by atoms with Gasteiger partial charge in [0.05, 0.1) is 7.11 Å². The molecule has 3 heteroatoms. The summed E-state index contributed by atoms with van der Waals surface area (Å²) in [7, 11) is 1.70. The lowest BCUT2D eigenvalue weighted by atomic mass is 10.0. The minimum atomic E-state index is 0.402. The summed E-state index contributed by atoms with van der Waals surface area (Å²) in [4.78, 5) is 0. The standard InChI is InChI=1S/C15H24N2O/c1-12(13-5-7-15(18-2)8-6-13)17-14-4-3-10-16-11-9-14/h5-8,12,14,16-17H,3-4,9-11H2,1-2H3. The number of nitrogens with one attached hydrogen (secondary N) is 2. The van der Waals surface area contributed by atoms with Crippen LogP contribution in [0.2, 0.25) is 0 Å². The molecule has 1 fully saturated rings. The number of rotatable bonds is 4. The summed E-state index contributed by atoms with van der Waals surface area (Å²) in [5, 5.41) is 7.18. The zero-order valence-electron chi connectivity index (χ0n) is 11.4. The topological polar surface area (TPSA) is 33.3 Å². The molecule has 1 saturated heterocycles. The molecule has 2 N–H and O–H groups in total. The summed E-state index contributed by atoms with van der Waals surface area (Å²) in [6.07, 6.45) is 3.76. The van der Waals surface area contributed by atoms with E-state index in [-0.39, 0.29) is 0 Å². The maximum absolute atomic E-state index is 5.19. The van der Waals surface area contributed by atoms with Gasteiger partial charge in [0.2, 0.25) is 0 Å². The van der Waals surface area contributed by atoms with E-state index in [1.807, 2.05) is 12.1 Å². The molecule has 0 aromatic heterocycles. The van der Waals surface area contributed by atoms with Gasteiger partial charge in [0.1, 0.15) is 5.75 Å². The van der Waals surface area contributed by atoms with E-state index in [1.165, 1.54) is 24.8 Å². The maximum Gasteiger partial charge on any atom is 0.118 e. The molecule has 3 nitrogen and oxygen atoms in total. The number of benzene rings is 1. The fourth-order valence-electron chi connectivity index (χ4n) is 2.53. The van der Waals surface area contributed by atoms with Crippen molar-refractivity contribution in [3.63, 3.8) is 0 Å². The lowest BCUT2D eigenvalue weighted by Crippen LogP contribution is -2.32. The van der Waals surface area contributed by atoms with Gasteiger partial charge in [-0.1, -0.05) is 12.1 Å². The van der Waals surface area contributed by atoms with Gasteiger partial charge in [0.15, 0.2) is 0 Å². The Hall–Kier alpha value is -1.06. The van der Waals surface area contributed by atoms with Crippen LogP contribution in [0.4, 0.5) is 0 Å². The zero-order valence-corrected chi connectivity index (χ0v) is 11.4. The Kier molecular flexibility index (Phi) is 5.02. The Morgan fingerprint density at radius 3 is 2.72 bits per heavy atom. The Balaban J connectivity index is 1.90. The Labute approximate surface area is 110 Å². The minimum Gasteiger partial charge on any atom is -0.497 e. The van der Waals surface area contributed by atoms with E-state index in [9.17, 15) is 0 Å². The van der Waals surface area contributed by atoms with Crippen molar-refractivity contribution in [3.8, 4) is 5.75 Å². The molecule has 0 saturated carbocycles. The maximum atomic E-state index is 5.19. The van der Waals surface area contributed by atoms with Crippen molar-refractivity contribution in [2.45, 2.75) is 38.3 Å². The first-order valence-corrected chi connectivity index (χ1v) is 6.90. The van der Waals surface area contributed by atoms with Crippen LogP contribution in [0.1, 0.15) is 37.8 Å². The number of hydrogen-bond donors (Lipinski definition) is 2. The van der Waals surface area contributed by atoms with Crippen LogP contribution in [0.3, 0.4) is 0 Å². The highest BCUT2D eigenvalue weighted by Crippen LogP contribution is 2.19. The lowest BCUT2D eigenvalue weighted by Gasteiger charge is -2.22. The van der Waals surface area contributed by atoms with Crippen LogP contribution < -0.4 is 15.4 Å². The monoisotopic (exact) mass is 248 g/mol. The van der Waals surface area contributed by atoms with Crippen LogP contribution in [0, 0.1) is 0 Å². The summed E-state index contributed by atoms with van der Waals surface area (Å²) < 4.78 is 5.19. The van der Waals surface area contributed by atoms with E-state index in [1.54, 1.807) is 7.11 Å². The van der Waals surface area contributed by atoms with Crippen LogP contribution in [0.15, 0.2) is 24.3 Å². The predicted molar refractivity (Wildman–Crippen MR) is 75.1 cm³/mol. The van der Waals surface area contributed by atoms with Crippen molar-refractivity contribution < 1.29 is 4.74 Å². The second kappa shape index (κ2) is 6.76. The molecule has 1 aliphatic heterocycles. The first-order chi connectivity index (χ1) is 8.79. The predicted octanol–water partition coefficient (Wildman–Crippen LogP) is 2.49. The van der Waals surface area contributed by atoms with Crippen molar-refractivity contribution in [2.24, 2.45) is 0 Å². The Bertz CT molecular complexity index is 342. The van der Waals surface area contributed by atoms with Crippen molar-refractivity contribution in [1.82, 2.24) is 10.6 Å². The third-order valence-corrected chi connectivity index (χ3v) is 3.68. The third kappa shape index (κ3) is 3.72. The van der Waals surface area contributed by atoms with Crippen molar-refractivity contribution in [2.75, 3.05) is 20.2 Å². The minimum absolute atomic E-state index is 0.402. The SMILES string of the molecule is COc1ccc(C(C)NC2CCCNCC2)cc1. The lowest BCUT2D eigenvalue weighted by molar-refractivity contribution is 0.411.